The summed E-state index contributed by atoms with van der Waals surface area (Å²) in [5.74, 6) is 0.457. The summed E-state index contributed by atoms with van der Waals surface area (Å²) in [6.07, 6.45) is 3.46. The molecule has 0 aromatic heterocycles. The number of hydrogen-bond donors (Lipinski definition) is 2. The van der Waals surface area contributed by atoms with E-state index in [4.69, 9.17) is 0 Å². The fourth-order valence-electron chi connectivity index (χ4n) is 2.67. The second-order valence-electron chi connectivity index (χ2n) is 4.81. The van der Waals surface area contributed by atoms with E-state index in [2.05, 4.69) is 17.1 Å². The Kier molecular flexibility index (Phi) is 3.42. The molecule has 0 aliphatic carbocycles. The Labute approximate surface area is 86.5 Å². The van der Waals surface area contributed by atoms with Crippen LogP contribution in [0.3, 0.4) is 0 Å². The second kappa shape index (κ2) is 4.60. The highest BCUT2D eigenvalue weighted by Gasteiger charge is 2.29. The molecule has 82 valence electrons. The molecule has 2 saturated heterocycles. The minimum absolute atomic E-state index is 0.0621. The van der Waals surface area contributed by atoms with Crippen molar-refractivity contribution in [1.29, 1.82) is 0 Å². The van der Waals surface area contributed by atoms with E-state index in [1.807, 2.05) is 0 Å². The minimum atomic E-state index is -0.0621. The van der Waals surface area contributed by atoms with Crippen molar-refractivity contribution in [3.05, 3.63) is 0 Å². The molecule has 2 atom stereocenters. The third-order valence-electron chi connectivity index (χ3n) is 3.72. The summed E-state index contributed by atoms with van der Waals surface area (Å²) in [6.45, 7) is 6.68. The monoisotopic (exact) mass is 198 g/mol. The Balaban J connectivity index is 1.85. The van der Waals surface area contributed by atoms with E-state index in [0.29, 0.717) is 5.92 Å². The Hall–Kier alpha value is -0.120. The summed E-state index contributed by atoms with van der Waals surface area (Å²) in [5, 5.41) is 13.1. The summed E-state index contributed by atoms with van der Waals surface area (Å²) < 4.78 is 0. The smallest absolute Gasteiger partial charge is 0.0590 e. The van der Waals surface area contributed by atoms with Gasteiger partial charge in [0.25, 0.3) is 0 Å². The van der Waals surface area contributed by atoms with Crippen LogP contribution in [0.1, 0.15) is 26.2 Å². The molecule has 0 aromatic rings. The molecule has 2 heterocycles. The van der Waals surface area contributed by atoms with E-state index in [1.165, 1.54) is 12.8 Å². The largest absolute Gasteiger partial charge is 0.393 e. The maximum absolute atomic E-state index is 9.65. The van der Waals surface area contributed by atoms with Crippen LogP contribution < -0.4 is 5.32 Å². The SMILES string of the molecule is CC1CN(C2CCNCC2)CCC1O. The zero-order valence-electron chi connectivity index (χ0n) is 9.08. The van der Waals surface area contributed by atoms with Crippen LogP contribution in [0.15, 0.2) is 0 Å². The number of nitrogens with one attached hydrogen (secondary N) is 1. The average molecular weight is 198 g/mol. The maximum Gasteiger partial charge on any atom is 0.0590 e. The summed E-state index contributed by atoms with van der Waals surface area (Å²) in [4.78, 5) is 2.58. The first-order valence-corrected chi connectivity index (χ1v) is 5.90. The molecular formula is C11H22N2O. The van der Waals surface area contributed by atoms with Crippen LogP contribution in [0.25, 0.3) is 0 Å². The normalized spacial score (nSPS) is 37.3. The van der Waals surface area contributed by atoms with Gasteiger partial charge in [0.15, 0.2) is 0 Å². The molecule has 0 bridgehead atoms. The third-order valence-corrected chi connectivity index (χ3v) is 3.72. The lowest BCUT2D eigenvalue weighted by molar-refractivity contribution is 0.0113. The minimum Gasteiger partial charge on any atom is -0.393 e. The Morgan fingerprint density at radius 3 is 2.57 bits per heavy atom. The fourth-order valence-corrected chi connectivity index (χ4v) is 2.67. The molecule has 3 heteroatoms. The molecule has 0 amide bonds. The summed E-state index contributed by atoms with van der Waals surface area (Å²) in [6, 6.07) is 0.770. The zero-order chi connectivity index (χ0) is 9.97. The molecule has 0 radical (unpaired) electrons. The lowest BCUT2D eigenvalue weighted by Crippen LogP contribution is -2.50. The van der Waals surface area contributed by atoms with Gasteiger partial charge in [0.05, 0.1) is 6.10 Å². The van der Waals surface area contributed by atoms with Crippen LogP contribution in [0.5, 0.6) is 0 Å². The van der Waals surface area contributed by atoms with E-state index < -0.39 is 0 Å². The molecule has 2 aliphatic rings. The standard InChI is InChI=1S/C11H22N2O/c1-9-8-13(7-4-11(9)14)10-2-5-12-6-3-10/h9-12,14H,2-8H2,1H3. The quantitative estimate of drug-likeness (QED) is 0.642. The highest BCUT2D eigenvalue weighted by Crippen LogP contribution is 2.21. The van der Waals surface area contributed by atoms with Gasteiger partial charge in [0, 0.05) is 19.1 Å². The van der Waals surface area contributed by atoms with Crippen molar-refractivity contribution in [3.8, 4) is 0 Å². The first kappa shape index (κ1) is 10.4. The van der Waals surface area contributed by atoms with Crippen molar-refractivity contribution < 1.29 is 5.11 Å². The number of hydrogen-bond acceptors (Lipinski definition) is 3. The number of aliphatic hydroxyl groups is 1. The molecule has 14 heavy (non-hydrogen) atoms. The van der Waals surface area contributed by atoms with Crippen molar-refractivity contribution in [1.82, 2.24) is 10.2 Å². The van der Waals surface area contributed by atoms with Gasteiger partial charge < -0.3 is 10.4 Å². The van der Waals surface area contributed by atoms with Gasteiger partial charge in [-0.3, -0.25) is 4.90 Å². The number of nitrogens with zero attached hydrogens (tertiary/aromatic N) is 1. The molecule has 2 rings (SSSR count). The van der Waals surface area contributed by atoms with E-state index in [1.54, 1.807) is 0 Å². The van der Waals surface area contributed by atoms with Crippen LogP contribution in [-0.4, -0.2) is 48.3 Å². The molecule has 0 saturated carbocycles. The van der Waals surface area contributed by atoms with Crippen LogP contribution in [0.2, 0.25) is 0 Å². The average Bonchev–Trinajstić information content (AvgIpc) is 2.23. The predicted molar refractivity (Wildman–Crippen MR) is 57.3 cm³/mol. The molecule has 0 spiro atoms. The molecule has 0 aromatic carbocycles. The van der Waals surface area contributed by atoms with Crippen LogP contribution in [0, 0.1) is 5.92 Å². The van der Waals surface area contributed by atoms with Gasteiger partial charge in [-0.25, -0.2) is 0 Å². The van der Waals surface area contributed by atoms with E-state index in [0.717, 1.165) is 38.6 Å². The van der Waals surface area contributed by atoms with Gasteiger partial charge in [0.1, 0.15) is 0 Å². The van der Waals surface area contributed by atoms with Gasteiger partial charge in [-0.05, 0) is 38.3 Å². The molecule has 2 N–H and O–H groups in total. The van der Waals surface area contributed by atoms with Gasteiger partial charge in [-0.2, -0.15) is 0 Å². The van der Waals surface area contributed by atoms with Gasteiger partial charge >= 0.3 is 0 Å². The Morgan fingerprint density at radius 2 is 1.93 bits per heavy atom. The predicted octanol–water partition coefficient (Wildman–Crippen LogP) is 0.441. The number of aliphatic hydroxyl groups excluding tert-OH is 1. The highest BCUT2D eigenvalue weighted by molar-refractivity contribution is 4.84. The van der Waals surface area contributed by atoms with Gasteiger partial charge in [0.2, 0.25) is 0 Å². The fraction of sp³-hybridized carbons (Fsp3) is 1.00. The zero-order valence-corrected chi connectivity index (χ0v) is 9.08. The first-order chi connectivity index (χ1) is 6.77. The number of likely N-dealkylation sites (tertiary alicyclic amines) is 1. The van der Waals surface area contributed by atoms with Crippen molar-refractivity contribution in [3.63, 3.8) is 0 Å². The molecule has 3 nitrogen and oxygen atoms in total. The third kappa shape index (κ3) is 2.27. The van der Waals surface area contributed by atoms with Crippen molar-refractivity contribution in [2.45, 2.75) is 38.3 Å². The van der Waals surface area contributed by atoms with E-state index in [-0.39, 0.29) is 6.10 Å². The maximum atomic E-state index is 9.65. The summed E-state index contributed by atoms with van der Waals surface area (Å²) >= 11 is 0. The Morgan fingerprint density at radius 1 is 1.21 bits per heavy atom. The van der Waals surface area contributed by atoms with Gasteiger partial charge in [-0.1, -0.05) is 6.92 Å². The van der Waals surface area contributed by atoms with Crippen LogP contribution >= 0.6 is 0 Å². The van der Waals surface area contributed by atoms with E-state index >= 15 is 0 Å². The van der Waals surface area contributed by atoms with Crippen LogP contribution in [-0.2, 0) is 0 Å². The van der Waals surface area contributed by atoms with E-state index in [9.17, 15) is 5.11 Å². The van der Waals surface area contributed by atoms with Crippen LogP contribution in [0.4, 0.5) is 0 Å². The lowest BCUT2D eigenvalue weighted by atomic mass is 9.93. The van der Waals surface area contributed by atoms with Crippen molar-refractivity contribution in [2.75, 3.05) is 26.2 Å². The van der Waals surface area contributed by atoms with Crippen molar-refractivity contribution in [2.24, 2.45) is 5.92 Å². The van der Waals surface area contributed by atoms with Crippen molar-refractivity contribution >= 4 is 0 Å². The molecule has 2 fully saturated rings. The Bertz CT molecular complexity index is 180. The molecule has 2 unspecified atom stereocenters. The number of piperidine rings is 2. The highest BCUT2D eigenvalue weighted by atomic mass is 16.3. The van der Waals surface area contributed by atoms with Gasteiger partial charge in [-0.15, -0.1) is 0 Å². The topological polar surface area (TPSA) is 35.5 Å². The lowest BCUT2D eigenvalue weighted by Gasteiger charge is -2.41. The molecule has 2 aliphatic heterocycles. The second-order valence-corrected chi connectivity index (χ2v) is 4.81. The molecular weight excluding hydrogens is 176 g/mol. The summed E-state index contributed by atoms with van der Waals surface area (Å²) in [7, 11) is 0. The first-order valence-electron chi connectivity index (χ1n) is 5.90. The number of rotatable bonds is 1. The summed E-state index contributed by atoms with van der Waals surface area (Å²) in [5.41, 5.74) is 0.